The molecule has 0 saturated carbocycles. The van der Waals surface area contributed by atoms with E-state index in [1.54, 1.807) is 0 Å². The molecule has 0 heterocycles. The average Bonchev–Trinajstić information content (AvgIpc) is 2.23. The van der Waals surface area contributed by atoms with Crippen LogP contribution >= 0.6 is 0 Å². The highest BCUT2D eigenvalue weighted by Gasteiger charge is 2.15. The summed E-state index contributed by atoms with van der Waals surface area (Å²) in [6.45, 7) is -0.225. The minimum absolute atomic E-state index is 0.0843. The van der Waals surface area contributed by atoms with Gasteiger partial charge in [-0.15, -0.1) is 0 Å². The molecule has 1 unspecified atom stereocenters. The molecule has 6 heteroatoms. The van der Waals surface area contributed by atoms with Crippen molar-refractivity contribution in [2.24, 2.45) is 0 Å². The zero-order chi connectivity index (χ0) is 12.1. The van der Waals surface area contributed by atoms with Gasteiger partial charge >= 0.3 is 0 Å². The van der Waals surface area contributed by atoms with Crippen LogP contribution in [0.1, 0.15) is 5.56 Å². The second-order valence-electron chi connectivity index (χ2n) is 3.28. The summed E-state index contributed by atoms with van der Waals surface area (Å²) in [6, 6.07) is 3.26. The fourth-order valence-corrected chi connectivity index (χ4v) is 1.10. The number of aliphatic hydroxyl groups is 1. The number of hydrogen-bond donors (Lipinski definition) is 2. The van der Waals surface area contributed by atoms with E-state index in [2.05, 4.69) is 5.32 Å². The van der Waals surface area contributed by atoms with Crippen LogP contribution in [0.25, 0.3) is 0 Å². The molecule has 0 saturated heterocycles. The first kappa shape index (κ1) is 12.9. The topological polar surface area (TPSA) is 32.3 Å². The predicted molar refractivity (Wildman–Crippen MR) is 50.1 cm³/mol. The van der Waals surface area contributed by atoms with Crippen LogP contribution in [0.4, 0.5) is 17.6 Å². The van der Waals surface area contributed by atoms with Gasteiger partial charge in [-0.2, -0.15) is 0 Å². The van der Waals surface area contributed by atoms with Crippen LogP contribution in [0.3, 0.4) is 0 Å². The summed E-state index contributed by atoms with van der Waals surface area (Å²) in [7, 11) is 0. The van der Waals surface area contributed by atoms with Crippen LogP contribution in [0, 0.1) is 11.6 Å². The van der Waals surface area contributed by atoms with Crippen molar-refractivity contribution < 1.29 is 22.7 Å². The quantitative estimate of drug-likeness (QED) is 0.764. The fraction of sp³-hybridized carbons (Fsp3) is 0.400. The molecule has 1 aromatic rings. The van der Waals surface area contributed by atoms with Crippen molar-refractivity contribution in [1.29, 1.82) is 0 Å². The van der Waals surface area contributed by atoms with Crippen molar-refractivity contribution in [2.45, 2.75) is 19.1 Å². The van der Waals surface area contributed by atoms with Gasteiger partial charge in [0.15, 0.2) is 11.6 Å². The number of aliphatic hydroxyl groups excluding tert-OH is 1. The Labute approximate surface area is 89.9 Å². The largest absolute Gasteiger partial charge is 0.386 e. The summed E-state index contributed by atoms with van der Waals surface area (Å²) in [4.78, 5) is 0. The van der Waals surface area contributed by atoms with E-state index in [0.717, 1.165) is 12.1 Å². The number of alkyl halides is 2. The Bertz CT molecular complexity index is 346. The Morgan fingerprint density at radius 3 is 2.44 bits per heavy atom. The van der Waals surface area contributed by atoms with Crippen molar-refractivity contribution in [1.82, 2.24) is 5.32 Å². The molecule has 90 valence electrons. The maximum atomic E-state index is 12.7. The van der Waals surface area contributed by atoms with E-state index in [-0.39, 0.29) is 13.1 Å². The molecule has 0 aliphatic carbocycles. The first-order chi connectivity index (χ1) is 7.50. The first-order valence-electron chi connectivity index (χ1n) is 4.61. The zero-order valence-corrected chi connectivity index (χ0v) is 8.26. The van der Waals surface area contributed by atoms with Gasteiger partial charge in [0.2, 0.25) is 0 Å². The Balaban J connectivity index is 2.40. The lowest BCUT2D eigenvalue weighted by atomic mass is 10.2. The predicted octanol–water partition coefficient (Wildman–Crippen LogP) is 1.68. The third-order valence-electron chi connectivity index (χ3n) is 1.96. The molecule has 1 atom stereocenters. The maximum absolute atomic E-state index is 12.7. The smallest absolute Gasteiger partial charge is 0.265 e. The van der Waals surface area contributed by atoms with E-state index in [4.69, 9.17) is 5.11 Å². The molecule has 16 heavy (non-hydrogen) atoms. The molecule has 0 fully saturated rings. The van der Waals surface area contributed by atoms with E-state index in [0.29, 0.717) is 5.56 Å². The highest BCUT2D eigenvalue weighted by atomic mass is 19.3. The summed E-state index contributed by atoms with van der Waals surface area (Å²) in [6.07, 6.45) is -4.58. The van der Waals surface area contributed by atoms with Gasteiger partial charge in [-0.05, 0) is 17.7 Å². The number of halogens is 4. The fourth-order valence-electron chi connectivity index (χ4n) is 1.10. The highest BCUT2D eigenvalue weighted by Crippen LogP contribution is 2.08. The van der Waals surface area contributed by atoms with E-state index >= 15 is 0 Å². The lowest BCUT2D eigenvalue weighted by Gasteiger charge is -2.10. The van der Waals surface area contributed by atoms with Crippen LogP contribution in [0.15, 0.2) is 18.2 Å². The first-order valence-corrected chi connectivity index (χ1v) is 4.61. The van der Waals surface area contributed by atoms with Gasteiger partial charge in [0, 0.05) is 13.1 Å². The SMILES string of the molecule is OC(CNCc1ccc(F)c(F)c1)C(F)F. The van der Waals surface area contributed by atoms with Gasteiger partial charge in [0.25, 0.3) is 6.43 Å². The van der Waals surface area contributed by atoms with E-state index in [9.17, 15) is 17.6 Å². The third kappa shape index (κ3) is 3.79. The number of hydrogen-bond acceptors (Lipinski definition) is 2. The van der Waals surface area contributed by atoms with Gasteiger partial charge in [0.1, 0.15) is 6.10 Å². The van der Waals surface area contributed by atoms with Crippen LogP contribution < -0.4 is 5.32 Å². The Morgan fingerprint density at radius 2 is 1.88 bits per heavy atom. The molecule has 0 spiro atoms. The summed E-state index contributed by atoms with van der Waals surface area (Å²) in [5.74, 6) is -1.95. The molecule has 0 aromatic heterocycles. The van der Waals surface area contributed by atoms with E-state index < -0.39 is 24.2 Å². The highest BCUT2D eigenvalue weighted by molar-refractivity contribution is 5.17. The second kappa shape index (κ2) is 5.81. The van der Waals surface area contributed by atoms with Crippen molar-refractivity contribution in [2.75, 3.05) is 6.54 Å². The Hall–Kier alpha value is -1.14. The van der Waals surface area contributed by atoms with E-state index in [1.807, 2.05) is 0 Å². The lowest BCUT2D eigenvalue weighted by molar-refractivity contribution is -0.00341. The zero-order valence-electron chi connectivity index (χ0n) is 8.26. The monoisotopic (exact) mass is 237 g/mol. The van der Waals surface area contributed by atoms with Gasteiger partial charge in [0.05, 0.1) is 0 Å². The molecule has 2 N–H and O–H groups in total. The van der Waals surface area contributed by atoms with Crippen LogP contribution in [0.2, 0.25) is 0 Å². The Kier molecular flexibility index (Phi) is 4.70. The van der Waals surface area contributed by atoms with Crippen molar-refractivity contribution >= 4 is 0 Å². The molecule has 1 rings (SSSR count). The van der Waals surface area contributed by atoms with Crippen molar-refractivity contribution in [3.05, 3.63) is 35.4 Å². The molecule has 0 amide bonds. The Morgan fingerprint density at radius 1 is 1.19 bits per heavy atom. The summed E-state index contributed by atoms with van der Waals surface area (Å²) in [5.41, 5.74) is 0.417. The molecule has 0 aliphatic rings. The van der Waals surface area contributed by atoms with Crippen molar-refractivity contribution in [3.63, 3.8) is 0 Å². The summed E-state index contributed by atoms with van der Waals surface area (Å²) >= 11 is 0. The summed E-state index contributed by atoms with van der Waals surface area (Å²) < 4.78 is 49.0. The normalized spacial score (nSPS) is 13.1. The maximum Gasteiger partial charge on any atom is 0.265 e. The molecular formula is C10H11F4NO. The molecule has 1 aromatic carbocycles. The van der Waals surface area contributed by atoms with Gasteiger partial charge in [-0.1, -0.05) is 6.07 Å². The average molecular weight is 237 g/mol. The van der Waals surface area contributed by atoms with Gasteiger partial charge < -0.3 is 10.4 Å². The number of rotatable bonds is 5. The minimum Gasteiger partial charge on any atom is -0.386 e. The van der Waals surface area contributed by atoms with Crippen LogP contribution in [0.5, 0.6) is 0 Å². The number of nitrogens with one attached hydrogen (secondary N) is 1. The lowest BCUT2D eigenvalue weighted by Crippen LogP contribution is -2.31. The third-order valence-corrected chi connectivity index (χ3v) is 1.96. The van der Waals surface area contributed by atoms with E-state index in [1.165, 1.54) is 6.07 Å². The molecule has 0 bridgehead atoms. The summed E-state index contributed by atoms with van der Waals surface area (Å²) in [5, 5.41) is 11.3. The second-order valence-corrected chi connectivity index (χ2v) is 3.28. The molecule has 0 aliphatic heterocycles. The minimum atomic E-state index is -2.82. The van der Waals surface area contributed by atoms with Crippen LogP contribution in [-0.4, -0.2) is 24.2 Å². The molecular weight excluding hydrogens is 226 g/mol. The van der Waals surface area contributed by atoms with Gasteiger partial charge in [-0.3, -0.25) is 0 Å². The molecule has 0 radical (unpaired) electrons. The number of benzene rings is 1. The molecule has 2 nitrogen and oxygen atoms in total. The van der Waals surface area contributed by atoms with Crippen LogP contribution in [-0.2, 0) is 6.54 Å². The van der Waals surface area contributed by atoms with Gasteiger partial charge in [-0.25, -0.2) is 17.6 Å². The van der Waals surface area contributed by atoms with Crippen molar-refractivity contribution in [3.8, 4) is 0 Å². The standard InChI is InChI=1S/C10H11F4NO/c11-7-2-1-6(3-8(7)12)4-15-5-9(16)10(13)14/h1-3,9-10,15-16H,4-5H2.